The van der Waals surface area contributed by atoms with E-state index in [2.05, 4.69) is 72.9 Å². The molecule has 5 aliphatic heterocycles. The summed E-state index contributed by atoms with van der Waals surface area (Å²) in [5.74, 6) is -0.443. The van der Waals surface area contributed by atoms with Gasteiger partial charge in [0.25, 0.3) is 21.6 Å². The van der Waals surface area contributed by atoms with Crippen molar-refractivity contribution in [2.24, 2.45) is 5.41 Å². The molecule has 1 aliphatic carbocycles. The van der Waals surface area contributed by atoms with Gasteiger partial charge in [0.15, 0.2) is 11.4 Å². The molecule has 1 spiro atoms. The number of piperidine rings is 1. The van der Waals surface area contributed by atoms with Crippen LogP contribution >= 0.6 is 0 Å². The Hall–Kier alpha value is -5.95. The lowest BCUT2D eigenvalue weighted by Gasteiger charge is -2.56. The molecule has 3 saturated heterocycles. The average molecular weight is 945 g/mol. The number of amides is 1. The molecule has 1 saturated carbocycles. The Balaban J connectivity index is 0.849. The summed E-state index contributed by atoms with van der Waals surface area (Å²) in [6.07, 6.45) is 8.48. The third kappa shape index (κ3) is 8.38. The average Bonchev–Trinajstić information content (AvgIpc) is 4.00. The summed E-state index contributed by atoms with van der Waals surface area (Å²) < 4.78 is 42.9. The molecule has 3 N–H and O–H groups in total. The number of nitrogens with zero attached hydrogens (tertiary/aromatic N) is 7. The minimum Gasteiger partial charge on any atom is -0.489 e. The Morgan fingerprint density at radius 2 is 1.78 bits per heavy atom. The highest BCUT2D eigenvalue weighted by Crippen LogP contribution is 2.54. The zero-order valence-electron chi connectivity index (χ0n) is 38.9. The number of nitro benzene ring substituents is 1. The number of aromatic amines is 1. The summed E-state index contributed by atoms with van der Waals surface area (Å²) >= 11 is 0. The predicted octanol–water partition coefficient (Wildman–Crippen LogP) is 6.82. The van der Waals surface area contributed by atoms with E-state index in [-0.39, 0.29) is 35.8 Å². The van der Waals surface area contributed by atoms with Crippen LogP contribution in [0.3, 0.4) is 0 Å². The number of likely N-dealkylation sites (N-methyl/N-ethyl adjacent to an activating group) is 1. The number of aryl methyl sites for hydroxylation is 1. The van der Waals surface area contributed by atoms with E-state index in [0.29, 0.717) is 53.5 Å². The molecule has 18 heteroatoms. The first-order valence-electron chi connectivity index (χ1n) is 24.1. The molecule has 7 heterocycles. The van der Waals surface area contributed by atoms with E-state index >= 15 is 0 Å². The number of pyridine rings is 1. The second-order valence-corrected chi connectivity index (χ2v) is 21.7. The lowest BCUT2D eigenvalue weighted by molar-refractivity contribution is -0.384. The highest BCUT2D eigenvalue weighted by atomic mass is 32.2. The van der Waals surface area contributed by atoms with Crippen molar-refractivity contribution < 1.29 is 27.6 Å². The van der Waals surface area contributed by atoms with E-state index in [0.717, 1.165) is 75.8 Å². The number of H-pyrrole nitrogens is 1. The molecule has 1 amide bonds. The van der Waals surface area contributed by atoms with Gasteiger partial charge in [0.05, 0.1) is 33.7 Å². The van der Waals surface area contributed by atoms with Gasteiger partial charge in [-0.15, -0.1) is 0 Å². The van der Waals surface area contributed by atoms with Crippen LogP contribution in [-0.4, -0.2) is 135 Å². The summed E-state index contributed by atoms with van der Waals surface area (Å²) in [5, 5.41) is 16.6. The predicted molar refractivity (Wildman–Crippen MR) is 261 cm³/mol. The quantitative estimate of drug-likeness (QED) is 0.0980. The Bertz CT molecular complexity index is 2870. The molecule has 0 radical (unpaired) electrons. The second kappa shape index (κ2) is 17.5. The van der Waals surface area contributed by atoms with Crippen molar-refractivity contribution in [2.75, 3.05) is 87.7 Å². The number of nitrogens with one attached hydrogen (secondary N) is 3. The van der Waals surface area contributed by atoms with Crippen LogP contribution in [0.5, 0.6) is 11.6 Å². The van der Waals surface area contributed by atoms with Crippen molar-refractivity contribution in [2.45, 2.75) is 81.5 Å². The molecule has 0 unspecified atom stereocenters. The number of aromatic nitrogens is 2. The number of likely N-dealkylation sites (tertiary alicyclic amines) is 1. The molecule has 3 atom stereocenters. The molecule has 5 aromatic rings. The fraction of sp³-hybridized carbons (Fsp3) is 0.480. The van der Waals surface area contributed by atoms with Crippen molar-refractivity contribution in [3.63, 3.8) is 0 Å². The smallest absolute Gasteiger partial charge is 0.297 e. The Labute approximate surface area is 397 Å². The van der Waals surface area contributed by atoms with Crippen LogP contribution in [0.15, 0.2) is 77.8 Å². The summed E-state index contributed by atoms with van der Waals surface area (Å²) in [4.78, 5) is 45.5. The largest absolute Gasteiger partial charge is 0.489 e. The van der Waals surface area contributed by atoms with Gasteiger partial charge in [-0.3, -0.25) is 24.7 Å². The van der Waals surface area contributed by atoms with Crippen LogP contribution in [0.2, 0.25) is 0 Å². The van der Waals surface area contributed by atoms with E-state index in [1.807, 2.05) is 42.3 Å². The molecular weight excluding hydrogens is 885 g/mol. The van der Waals surface area contributed by atoms with Crippen molar-refractivity contribution in [3.8, 4) is 11.6 Å². The first kappa shape index (κ1) is 44.5. The summed E-state index contributed by atoms with van der Waals surface area (Å²) in [5.41, 5.74) is 5.68. The van der Waals surface area contributed by atoms with Crippen molar-refractivity contribution in [1.29, 1.82) is 0 Å². The fourth-order valence-corrected chi connectivity index (χ4v) is 12.8. The highest BCUT2D eigenvalue weighted by Gasteiger charge is 2.50. The number of ether oxygens (including phenoxy) is 2. The van der Waals surface area contributed by atoms with Gasteiger partial charge in [0.1, 0.15) is 24.0 Å². The molecule has 3 aromatic carbocycles. The standard InChI is InChI=1S/C50H60N10O7S/c1-32-7-4-5-8-39(32)41-9-6-16-58(41)37-27-50(28-37)13-17-57(18-14-50)36-10-11-40(42(24-36)59-29-33(2)67-49-44(59)23-34-12-15-51-47(34)53-49)48(61)54-68(64,65)38-25-43(60(62)63)46-45(26-38)66-31-35(52-46)30-56-21-19-55(3)20-22-56/h4-5,7-8,10-12,15,23-26,33,35,37,41,52H,6,9,13-14,16-22,27-31H2,1-3H3,(H,51,53)(H,54,61)/t33-,35+,41+/m1/s1. The van der Waals surface area contributed by atoms with E-state index in [1.165, 1.54) is 42.9 Å². The number of sulfonamides is 1. The van der Waals surface area contributed by atoms with Crippen LogP contribution < -0.4 is 29.3 Å². The number of rotatable bonds is 10. The summed E-state index contributed by atoms with van der Waals surface area (Å²) in [6.45, 7) is 11.8. The number of carbonyl (C=O) groups is 1. The maximum atomic E-state index is 14.5. The van der Waals surface area contributed by atoms with Crippen LogP contribution in [0.4, 0.5) is 28.4 Å². The van der Waals surface area contributed by atoms with Gasteiger partial charge in [0, 0.05) is 87.3 Å². The number of hydrogen-bond donors (Lipinski definition) is 3. The topological polar surface area (TPSA) is 182 Å². The number of fused-ring (bicyclic) bond motifs is 3. The normalized spacial score (nSPS) is 23.3. The molecule has 11 rings (SSSR count). The number of piperazine rings is 1. The van der Waals surface area contributed by atoms with E-state index < -0.39 is 31.4 Å². The number of hydrogen-bond acceptors (Lipinski definition) is 14. The molecular formula is C50H60N10O7S. The first-order valence-corrected chi connectivity index (χ1v) is 25.6. The first-order chi connectivity index (χ1) is 32.8. The van der Waals surface area contributed by atoms with Crippen LogP contribution in [0.25, 0.3) is 11.0 Å². The molecule has 358 valence electrons. The van der Waals surface area contributed by atoms with Crippen molar-refractivity contribution in [3.05, 3.63) is 99.7 Å². The molecule has 4 fully saturated rings. The van der Waals surface area contributed by atoms with Gasteiger partial charge in [0.2, 0.25) is 5.88 Å². The van der Waals surface area contributed by atoms with E-state index in [1.54, 1.807) is 6.07 Å². The summed E-state index contributed by atoms with van der Waals surface area (Å²) in [6, 6.07) is 21.4. The molecule has 68 heavy (non-hydrogen) atoms. The monoisotopic (exact) mass is 944 g/mol. The van der Waals surface area contributed by atoms with Crippen molar-refractivity contribution in [1.82, 2.24) is 29.4 Å². The highest BCUT2D eigenvalue weighted by molar-refractivity contribution is 7.90. The number of nitro groups is 1. The molecule has 2 aromatic heterocycles. The van der Waals surface area contributed by atoms with Crippen LogP contribution in [-0.2, 0) is 10.0 Å². The summed E-state index contributed by atoms with van der Waals surface area (Å²) in [7, 11) is -2.57. The molecule has 6 aliphatic rings. The number of carbonyl (C=O) groups excluding carboxylic acids is 1. The van der Waals surface area contributed by atoms with Crippen LogP contribution in [0.1, 0.15) is 73.0 Å². The zero-order chi connectivity index (χ0) is 46.9. The van der Waals surface area contributed by atoms with Gasteiger partial charge >= 0.3 is 0 Å². The Morgan fingerprint density at radius 1 is 0.985 bits per heavy atom. The molecule has 0 bridgehead atoms. The minimum atomic E-state index is -4.65. The lowest BCUT2D eigenvalue weighted by atomic mass is 9.59. The maximum absolute atomic E-state index is 14.5. The Kier molecular flexibility index (Phi) is 11.5. The van der Waals surface area contributed by atoms with E-state index in [4.69, 9.17) is 14.5 Å². The minimum absolute atomic E-state index is 0.0393. The number of benzene rings is 3. The Morgan fingerprint density at radius 3 is 2.56 bits per heavy atom. The van der Waals surface area contributed by atoms with Gasteiger partial charge in [-0.05, 0) is 113 Å². The van der Waals surface area contributed by atoms with Gasteiger partial charge in [-0.1, -0.05) is 24.3 Å². The second-order valence-electron chi connectivity index (χ2n) is 20.0. The zero-order valence-corrected chi connectivity index (χ0v) is 39.8. The van der Waals surface area contributed by atoms with Gasteiger partial charge in [-0.2, -0.15) is 4.98 Å². The van der Waals surface area contributed by atoms with E-state index in [9.17, 15) is 23.3 Å². The van der Waals surface area contributed by atoms with Gasteiger partial charge in [-0.25, -0.2) is 13.1 Å². The van der Waals surface area contributed by atoms with Crippen LogP contribution in [0, 0.1) is 22.5 Å². The maximum Gasteiger partial charge on any atom is 0.297 e. The fourth-order valence-electron chi connectivity index (χ4n) is 11.8. The SMILES string of the molecule is Cc1ccccc1[C@@H]1CCCN1C1CC2(CCN(c3ccc(C(=O)NS(=O)(=O)c4cc5c(c([N+](=O)[O-])c4)N[C@@H](CN4CCN(C)CC4)CO5)c(N4C[C@@H](C)Oc5nc6[nH]ccc6cc54)c3)CC2)C1. The van der Waals surface area contributed by atoms with Gasteiger partial charge < -0.3 is 34.5 Å². The number of anilines is 4. The third-order valence-electron chi connectivity index (χ3n) is 15.5. The third-order valence-corrected chi connectivity index (χ3v) is 16.8. The lowest BCUT2D eigenvalue weighted by Crippen LogP contribution is -2.54. The van der Waals surface area contributed by atoms with Crippen molar-refractivity contribution >= 4 is 55.4 Å². The molecule has 17 nitrogen and oxygen atoms in total.